The molecule has 0 aliphatic heterocycles. The minimum atomic E-state index is -0.507. The zero-order valence-electron chi connectivity index (χ0n) is 10.5. The molecule has 0 spiro atoms. The summed E-state index contributed by atoms with van der Waals surface area (Å²) in [5.74, 6) is -0.507. The third-order valence-corrected chi connectivity index (χ3v) is 2.35. The van der Waals surface area contributed by atoms with E-state index in [0.29, 0.717) is 17.7 Å². The highest BCUT2D eigenvalue weighted by Crippen LogP contribution is 2.18. The van der Waals surface area contributed by atoms with E-state index in [4.69, 9.17) is 9.47 Å². The molecule has 1 unspecified atom stereocenters. The van der Waals surface area contributed by atoms with Crippen molar-refractivity contribution in [2.24, 2.45) is 0 Å². The Hall–Kier alpha value is -1.95. The minimum absolute atomic E-state index is 0.0472. The van der Waals surface area contributed by atoms with Gasteiger partial charge in [-0.25, -0.2) is 4.79 Å². The van der Waals surface area contributed by atoms with Crippen LogP contribution < -0.4 is 0 Å². The van der Waals surface area contributed by atoms with Crippen LogP contribution in [0.4, 0.5) is 5.69 Å². The Bertz CT molecular complexity index is 458. The number of nitro groups is 1. The van der Waals surface area contributed by atoms with E-state index in [0.717, 1.165) is 0 Å². The molecule has 6 heteroatoms. The monoisotopic (exact) mass is 253 g/mol. The van der Waals surface area contributed by atoms with E-state index in [1.807, 2.05) is 0 Å². The molecule has 0 aromatic heterocycles. The third kappa shape index (κ3) is 3.53. The number of nitrogens with zero attached hydrogens (tertiary/aromatic N) is 1. The lowest BCUT2D eigenvalue weighted by Crippen LogP contribution is -2.20. The van der Waals surface area contributed by atoms with E-state index >= 15 is 0 Å². The molecule has 1 aromatic rings. The van der Waals surface area contributed by atoms with Gasteiger partial charge >= 0.3 is 5.97 Å². The van der Waals surface area contributed by atoms with Crippen molar-refractivity contribution in [1.82, 2.24) is 0 Å². The summed E-state index contributed by atoms with van der Waals surface area (Å²) in [7, 11) is 1.52. The second-order valence-corrected chi connectivity index (χ2v) is 3.93. The number of benzene rings is 1. The zero-order valence-corrected chi connectivity index (χ0v) is 10.5. The van der Waals surface area contributed by atoms with Crippen molar-refractivity contribution in [3.63, 3.8) is 0 Å². The van der Waals surface area contributed by atoms with Crippen molar-refractivity contribution >= 4 is 11.7 Å². The lowest BCUT2D eigenvalue weighted by Gasteiger charge is -2.13. The van der Waals surface area contributed by atoms with Gasteiger partial charge in [0, 0.05) is 19.2 Å². The van der Waals surface area contributed by atoms with Gasteiger partial charge in [-0.15, -0.1) is 0 Å². The highest BCUT2D eigenvalue weighted by molar-refractivity contribution is 5.91. The van der Waals surface area contributed by atoms with Crippen LogP contribution in [0, 0.1) is 17.0 Å². The van der Waals surface area contributed by atoms with Crippen molar-refractivity contribution < 1.29 is 19.2 Å². The van der Waals surface area contributed by atoms with Gasteiger partial charge in [-0.2, -0.15) is 0 Å². The normalized spacial score (nSPS) is 11.9. The number of carbonyl (C=O) groups is 1. The maximum absolute atomic E-state index is 11.8. The molecule has 0 bridgehead atoms. The molecule has 6 nitrogen and oxygen atoms in total. The van der Waals surface area contributed by atoms with Gasteiger partial charge in [0.05, 0.1) is 17.1 Å². The van der Waals surface area contributed by atoms with Crippen LogP contribution in [-0.2, 0) is 9.47 Å². The molecule has 0 radical (unpaired) electrons. The van der Waals surface area contributed by atoms with Gasteiger partial charge in [-0.3, -0.25) is 10.1 Å². The van der Waals surface area contributed by atoms with E-state index in [1.54, 1.807) is 13.8 Å². The average Bonchev–Trinajstić information content (AvgIpc) is 2.28. The molecular weight excluding hydrogens is 238 g/mol. The Morgan fingerprint density at radius 2 is 2.17 bits per heavy atom. The standard InChI is InChI=1S/C12H15NO5/c1-8-6-10(13(15)16)4-5-11(8)12(14)18-9(2)7-17-3/h4-6,9H,7H2,1-3H3. The zero-order chi connectivity index (χ0) is 13.7. The molecule has 0 heterocycles. The lowest BCUT2D eigenvalue weighted by molar-refractivity contribution is -0.384. The fourth-order valence-corrected chi connectivity index (χ4v) is 1.51. The molecule has 18 heavy (non-hydrogen) atoms. The second kappa shape index (κ2) is 6.11. The fraction of sp³-hybridized carbons (Fsp3) is 0.417. The smallest absolute Gasteiger partial charge is 0.338 e. The third-order valence-electron chi connectivity index (χ3n) is 2.35. The van der Waals surface area contributed by atoms with E-state index in [-0.39, 0.29) is 11.8 Å². The first kappa shape index (κ1) is 14.1. The highest BCUT2D eigenvalue weighted by atomic mass is 16.6. The minimum Gasteiger partial charge on any atom is -0.457 e. The first-order chi connectivity index (χ1) is 8.45. The van der Waals surface area contributed by atoms with E-state index in [9.17, 15) is 14.9 Å². The number of nitro benzene ring substituents is 1. The summed E-state index contributed by atoms with van der Waals surface area (Å²) in [6, 6.07) is 4.03. The average molecular weight is 253 g/mol. The van der Waals surface area contributed by atoms with Crippen LogP contribution in [0.2, 0.25) is 0 Å². The largest absolute Gasteiger partial charge is 0.457 e. The first-order valence-electron chi connectivity index (χ1n) is 5.40. The van der Waals surface area contributed by atoms with E-state index in [2.05, 4.69) is 0 Å². The second-order valence-electron chi connectivity index (χ2n) is 3.93. The summed E-state index contributed by atoms with van der Waals surface area (Å²) in [6.07, 6.45) is -0.364. The Morgan fingerprint density at radius 3 is 2.67 bits per heavy atom. The Kier molecular flexibility index (Phi) is 4.79. The molecule has 0 saturated carbocycles. The molecule has 0 amide bonds. The first-order valence-corrected chi connectivity index (χ1v) is 5.40. The molecule has 1 rings (SSSR count). The number of hydrogen-bond acceptors (Lipinski definition) is 5. The number of carbonyl (C=O) groups excluding carboxylic acids is 1. The fourth-order valence-electron chi connectivity index (χ4n) is 1.51. The van der Waals surface area contributed by atoms with E-state index in [1.165, 1.54) is 25.3 Å². The van der Waals surface area contributed by atoms with Crippen LogP contribution in [0.3, 0.4) is 0 Å². The Labute approximate surface area is 105 Å². The maximum Gasteiger partial charge on any atom is 0.338 e. The maximum atomic E-state index is 11.8. The van der Waals surface area contributed by atoms with Gasteiger partial charge in [0.25, 0.3) is 5.69 Å². The lowest BCUT2D eigenvalue weighted by atomic mass is 10.1. The molecule has 0 saturated heterocycles. The van der Waals surface area contributed by atoms with Gasteiger partial charge < -0.3 is 9.47 Å². The SMILES string of the molecule is COCC(C)OC(=O)c1ccc([N+](=O)[O-])cc1C. The quantitative estimate of drug-likeness (QED) is 0.456. The summed E-state index contributed by atoms with van der Waals surface area (Å²) in [4.78, 5) is 21.9. The van der Waals surface area contributed by atoms with Gasteiger partial charge in [-0.1, -0.05) is 0 Å². The van der Waals surface area contributed by atoms with Crippen LogP contribution in [0.1, 0.15) is 22.8 Å². The summed E-state index contributed by atoms with van der Waals surface area (Å²) in [6.45, 7) is 3.64. The summed E-state index contributed by atoms with van der Waals surface area (Å²) in [5, 5.41) is 10.6. The number of hydrogen-bond donors (Lipinski definition) is 0. The molecule has 98 valence electrons. The summed E-state index contributed by atoms with van der Waals surface area (Å²) < 4.78 is 9.98. The number of esters is 1. The van der Waals surface area contributed by atoms with E-state index < -0.39 is 10.9 Å². The Balaban J connectivity index is 2.84. The Morgan fingerprint density at radius 1 is 1.50 bits per heavy atom. The number of rotatable bonds is 5. The molecular formula is C12H15NO5. The predicted molar refractivity (Wildman–Crippen MR) is 64.6 cm³/mol. The molecule has 1 aromatic carbocycles. The van der Waals surface area contributed by atoms with Gasteiger partial charge in [0.1, 0.15) is 6.10 Å². The van der Waals surface area contributed by atoms with Crippen LogP contribution in [-0.4, -0.2) is 30.7 Å². The van der Waals surface area contributed by atoms with Crippen molar-refractivity contribution in [1.29, 1.82) is 0 Å². The van der Waals surface area contributed by atoms with Crippen LogP contribution in [0.15, 0.2) is 18.2 Å². The molecule has 0 aliphatic rings. The number of ether oxygens (including phenoxy) is 2. The molecule has 1 atom stereocenters. The number of methoxy groups -OCH3 is 1. The molecule has 0 aliphatic carbocycles. The topological polar surface area (TPSA) is 78.7 Å². The van der Waals surface area contributed by atoms with Crippen molar-refractivity contribution in [3.05, 3.63) is 39.4 Å². The van der Waals surface area contributed by atoms with Gasteiger partial charge in [0.15, 0.2) is 0 Å². The van der Waals surface area contributed by atoms with Gasteiger partial charge in [-0.05, 0) is 25.5 Å². The molecule has 0 fully saturated rings. The van der Waals surface area contributed by atoms with Crippen molar-refractivity contribution in [3.8, 4) is 0 Å². The van der Waals surface area contributed by atoms with Crippen LogP contribution in [0.25, 0.3) is 0 Å². The number of aryl methyl sites for hydroxylation is 1. The number of non-ortho nitro benzene ring substituents is 1. The van der Waals surface area contributed by atoms with Gasteiger partial charge in [0.2, 0.25) is 0 Å². The van der Waals surface area contributed by atoms with Crippen LogP contribution >= 0.6 is 0 Å². The van der Waals surface area contributed by atoms with Crippen molar-refractivity contribution in [2.45, 2.75) is 20.0 Å². The highest BCUT2D eigenvalue weighted by Gasteiger charge is 2.16. The summed E-state index contributed by atoms with van der Waals surface area (Å²) in [5.41, 5.74) is 0.788. The van der Waals surface area contributed by atoms with Crippen LogP contribution in [0.5, 0.6) is 0 Å². The summed E-state index contributed by atoms with van der Waals surface area (Å²) >= 11 is 0. The predicted octanol–water partition coefficient (Wildman–Crippen LogP) is 2.09. The molecule has 0 N–H and O–H groups in total. The van der Waals surface area contributed by atoms with Crippen molar-refractivity contribution in [2.75, 3.05) is 13.7 Å².